The van der Waals surface area contributed by atoms with Crippen molar-refractivity contribution >= 4 is 15.9 Å². The Balaban J connectivity index is 1.96. The molecular formula is C14H12BrFO2. The molecule has 2 rings (SSSR count). The van der Waals surface area contributed by atoms with Gasteiger partial charge in [-0.25, -0.2) is 4.39 Å². The maximum atomic E-state index is 13.0. The molecule has 0 saturated carbocycles. The SMILES string of the molecule is OC(COc1ccc(Br)cc1)c1cccc(F)c1. The Kier molecular flexibility index (Phi) is 4.33. The van der Waals surface area contributed by atoms with E-state index in [9.17, 15) is 9.50 Å². The van der Waals surface area contributed by atoms with E-state index in [1.54, 1.807) is 24.3 Å². The monoisotopic (exact) mass is 310 g/mol. The van der Waals surface area contributed by atoms with Crippen LogP contribution in [-0.2, 0) is 0 Å². The molecule has 94 valence electrons. The predicted octanol–water partition coefficient (Wildman–Crippen LogP) is 3.70. The molecule has 0 aromatic heterocycles. The van der Waals surface area contributed by atoms with Gasteiger partial charge < -0.3 is 9.84 Å². The van der Waals surface area contributed by atoms with E-state index in [4.69, 9.17) is 4.74 Å². The summed E-state index contributed by atoms with van der Waals surface area (Å²) < 4.78 is 19.4. The summed E-state index contributed by atoms with van der Waals surface area (Å²) in [5, 5.41) is 9.86. The van der Waals surface area contributed by atoms with Crippen molar-refractivity contribution in [1.29, 1.82) is 0 Å². The lowest BCUT2D eigenvalue weighted by Crippen LogP contribution is -2.09. The number of ether oxygens (including phenoxy) is 1. The molecule has 2 nitrogen and oxygen atoms in total. The van der Waals surface area contributed by atoms with E-state index in [1.165, 1.54) is 12.1 Å². The quantitative estimate of drug-likeness (QED) is 0.933. The number of rotatable bonds is 4. The predicted molar refractivity (Wildman–Crippen MR) is 71.0 cm³/mol. The highest BCUT2D eigenvalue weighted by molar-refractivity contribution is 9.10. The molecule has 1 unspecified atom stereocenters. The topological polar surface area (TPSA) is 29.5 Å². The van der Waals surface area contributed by atoms with Crippen LogP contribution in [0.5, 0.6) is 5.75 Å². The van der Waals surface area contributed by atoms with Gasteiger partial charge in [0.15, 0.2) is 0 Å². The second-order valence-corrected chi connectivity index (χ2v) is 4.75. The number of aliphatic hydroxyl groups is 1. The molecule has 0 radical (unpaired) electrons. The Morgan fingerprint density at radius 1 is 1.17 bits per heavy atom. The molecule has 0 bridgehead atoms. The minimum absolute atomic E-state index is 0.0884. The maximum absolute atomic E-state index is 13.0. The number of benzene rings is 2. The van der Waals surface area contributed by atoms with Crippen molar-refractivity contribution in [2.75, 3.05) is 6.61 Å². The van der Waals surface area contributed by atoms with E-state index in [0.717, 1.165) is 4.47 Å². The molecule has 0 aliphatic rings. The van der Waals surface area contributed by atoms with Crippen LogP contribution in [0.2, 0.25) is 0 Å². The summed E-state index contributed by atoms with van der Waals surface area (Å²) >= 11 is 3.32. The summed E-state index contributed by atoms with van der Waals surface area (Å²) in [6, 6.07) is 13.2. The smallest absolute Gasteiger partial charge is 0.123 e. The molecule has 0 aliphatic heterocycles. The molecule has 0 spiro atoms. The molecule has 0 amide bonds. The third-order valence-corrected chi connectivity index (χ3v) is 2.98. The van der Waals surface area contributed by atoms with Crippen molar-refractivity contribution in [2.24, 2.45) is 0 Å². The minimum Gasteiger partial charge on any atom is -0.491 e. The van der Waals surface area contributed by atoms with Gasteiger partial charge in [0, 0.05) is 4.47 Å². The van der Waals surface area contributed by atoms with Gasteiger partial charge in [0.25, 0.3) is 0 Å². The van der Waals surface area contributed by atoms with Crippen molar-refractivity contribution < 1.29 is 14.2 Å². The Morgan fingerprint density at radius 3 is 2.56 bits per heavy atom. The van der Waals surface area contributed by atoms with Crippen LogP contribution in [0.1, 0.15) is 11.7 Å². The lowest BCUT2D eigenvalue weighted by atomic mass is 10.1. The Hall–Kier alpha value is -1.39. The second kappa shape index (κ2) is 5.98. The molecular weight excluding hydrogens is 299 g/mol. The van der Waals surface area contributed by atoms with Gasteiger partial charge >= 0.3 is 0 Å². The third kappa shape index (κ3) is 3.55. The highest BCUT2D eigenvalue weighted by Crippen LogP contribution is 2.19. The molecule has 1 N–H and O–H groups in total. The van der Waals surface area contributed by atoms with Gasteiger partial charge in [-0.1, -0.05) is 28.1 Å². The summed E-state index contributed by atoms with van der Waals surface area (Å²) in [5.41, 5.74) is 0.507. The fourth-order valence-corrected chi connectivity index (χ4v) is 1.78. The normalized spacial score (nSPS) is 12.2. The van der Waals surface area contributed by atoms with Gasteiger partial charge in [-0.15, -0.1) is 0 Å². The minimum atomic E-state index is -0.843. The molecule has 0 fully saturated rings. The number of halogens is 2. The average molecular weight is 311 g/mol. The number of hydrogen-bond acceptors (Lipinski definition) is 2. The first kappa shape index (κ1) is 13.1. The van der Waals surface area contributed by atoms with E-state index in [2.05, 4.69) is 15.9 Å². The van der Waals surface area contributed by atoms with Crippen molar-refractivity contribution in [3.8, 4) is 5.75 Å². The molecule has 2 aromatic rings. The van der Waals surface area contributed by atoms with Crippen molar-refractivity contribution in [2.45, 2.75) is 6.10 Å². The van der Waals surface area contributed by atoms with Gasteiger partial charge in [-0.2, -0.15) is 0 Å². The lowest BCUT2D eigenvalue weighted by Gasteiger charge is -2.12. The number of hydrogen-bond donors (Lipinski definition) is 1. The van der Waals surface area contributed by atoms with Crippen LogP contribution < -0.4 is 4.74 Å². The molecule has 18 heavy (non-hydrogen) atoms. The number of aliphatic hydroxyl groups excluding tert-OH is 1. The Labute approximate surface area is 113 Å². The van der Waals surface area contributed by atoms with E-state index in [1.807, 2.05) is 12.1 Å². The van der Waals surface area contributed by atoms with E-state index in [0.29, 0.717) is 11.3 Å². The molecule has 1 atom stereocenters. The fourth-order valence-electron chi connectivity index (χ4n) is 1.52. The molecule has 4 heteroatoms. The van der Waals surface area contributed by atoms with Crippen LogP contribution in [0.15, 0.2) is 53.0 Å². The maximum Gasteiger partial charge on any atom is 0.123 e. The molecule has 2 aromatic carbocycles. The van der Waals surface area contributed by atoms with E-state index in [-0.39, 0.29) is 12.4 Å². The van der Waals surface area contributed by atoms with Gasteiger partial charge in [0.05, 0.1) is 0 Å². The van der Waals surface area contributed by atoms with Crippen LogP contribution in [0.3, 0.4) is 0 Å². The first-order chi connectivity index (χ1) is 8.65. The van der Waals surface area contributed by atoms with Crippen LogP contribution in [0.4, 0.5) is 4.39 Å². The van der Waals surface area contributed by atoms with Crippen LogP contribution in [0, 0.1) is 5.82 Å². The van der Waals surface area contributed by atoms with Crippen molar-refractivity contribution in [3.63, 3.8) is 0 Å². The Bertz CT molecular complexity index is 513. The zero-order valence-electron chi connectivity index (χ0n) is 9.51. The van der Waals surface area contributed by atoms with Crippen LogP contribution in [0.25, 0.3) is 0 Å². The van der Waals surface area contributed by atoms with Crippen molar-refractivity contribution in [3.05, 3.63) is 64.4 Å². The van der Waals surface area contributed by atoms with Crippen LogP contribution >= 0.6 is 15.9 Å². The van der Waals surface area contributed by atoms with E-state index < -0.39 is 6.10 Å². The highest BCUT2D eigenvalue weighted by atomic mass is 79.9. The summed E-state index contributed by atoms with van der Waals surface area (Å²) in [4.78, 5) is 0. The zero-order valence-corrected chi connectivity index (χ0v) is 11.1. The summed E-state index contributed by atoms with van der Waals surface area (Å²) in [6.45, 7) is 0.0884. The fraction of sp³-hybridized carbons (Fsp3) is 0.143. The average Bonchev–Trinajstić information content (AvgIpc) is 2.38. The molecule has 0 saturated heterocycles. The van der Waals surface area contributed by atoms with E-state index >= 15 is 0 Å². The summed E-state index contributed by atoms with van der Waals surface area (Å²) in [5.74, 6) is 0.295. The Morgan fingerprint density at radius 2 is 1.89 bits per heavy atom. The molecule has 0 aliphatic carbocycles. The van der Waals surface area contributed by atoms with Gasteiger partial charge in [0.1, 0.15) is 24.3 Å². The van der Waals surface area contributed by atoms with Crippen LogP contribution in [-0.4, -0.2) is 11.7 Å². The first-order valence-electron chi connectivity index (χ1n) is 5.47. The van der Waals surface area contributed by atoms with Gasteiger partial charge in [0.2, 0.25) is 0 Å². The largest absolute Gasteiger partial charge is 0.491 e. The first-order valence-corrected chi connectivity index (χ1v) is 6.26. The standard InChI is InChI=1S/C14H12BrFO2/c15-11-4-6-13(7-5-11)18-9-14(17)10-2-1-3-12(16)8-10/h1-8,14,17H,9H2. The van der Waals surface area contributed by atoms with Gasteiger partial charge in [-0.3, -0.25) is 0 Å². The second-order valence-electron chi connectivity index (χ2n) is 3.84. The zero-order chi connectivity index (χ0) is 13.0. The third-order valence-electron chi connectivity index (χ3n) is 2.45. The lowest BCUT2D eigenvalue weighted by molar-refractivity contribution is 0.108. The van der Waals surface area contributed by atoms with Crippen molar-refractivity contribution in [1.82, 2.24) is 0 Å². The summed E-state index contributed by atoms with van der Waals surface area (Å²) in [6.07, 6.45) is -0.843. The summed E-state index contributed by atoms with van der Waals surface area (Å²) in [7, 11) is 0. The highest BCUT2D eigenvalue weighted by Gasteiger charge is 2.09. The molecule has 0 heterocycles. The van der Waals surface area contributed by atoms with Gasteiger partial charge in [-0.05, 0) is 42.0 Å².